The van der Waals surface area contributed by atoms with E-state index in [2.05, 4.69) is 19.9 Å². The molecule has 1 aliphatic rings. The minimum absolute atomic E-state index is 0.170. The lowest BCUT2D eigenvalue weighted by atomic mass is 10.1. The number of para-hydroxylation sites is 1. The number of anilines is 1. The van der Waals surface area contributed by atoms with Crippen LogP contribution in [0.2, 0.25) is 0 Å². The first-order chi connectivity index (χ1) is 16.4. The summed E-state index contributed by atoms with van der Waals surface area (Å²) >= 11 is 0. The number of nitrogens with zero attached hydrogens (tertiary/aromatic N) is 5. The van der Waals surface area contributed by atoms with Crippen LogP contribution in [-0.4, -0.2) is 46.8 Å². The van der Waals surface area contributed by atoms with E-state index in [1.165, 1.54) is 0 Å². The molecule has 0 bridgehead atoms. The van der Waals surface area contributed by atoms with Crippen molar-refractivity contribution in [1.82, 2.24) is 19.3 Å². The van der Waals surface area contributed by atoms with E-state index in [1.54, 1.807) is 35.0 Å². The maximum atomic E-state index is 14.0. The number of piperidine rings is 1. The third kappa shape index (κ3) is 4.41. The van der Waals surface area contributed by atoms with Crippen molar-refractivity contribution in [2.45, 2.75) is 44.2 Å². The summed E-state index contributed by atoms with van der Waals surface area (Å²) in [6, 6.07) is 14.3. The first-order valence-electron chi connectivity index (χ1n) is 11.4. The summed E-state index contributed by atoms with van der Waals surface area (Å²) in [7, 11) is -3.84. The average molecular weight is 478 g/mol. The zero-order valence-electron chi connectivity index (χ0n) is 19.3. The predicted molar refractivity (Wildman–Crippen MR) is 130 cm³/mol. The van der Waals surface area contributed by atoms with Crippen molar-refractivity contribution < 1.29 is 12.8 Å². The Bertz CT molecular complexity index is 1370. The fraction of sp³-hybridized carbons (Fsp3) is 0.320. The topological polar surface area (TPSA) is 92.4 Å². The number of benzene rings is 1. The number of fused-ring (bicyclic) bond motifs is 1. The van der Waals surface area contributed by atoms with Crippen molar-refractivity contribution in [3.63, 3.8) is 0 Å². The van der Waals surface area contributed by atoms with Crippen molar-refractivity contribution in [1.29, 1.82) is 0 Å². The van der Waals surface area contributed by atoms with Gasteiger partial charge in [-0.1, -0.05) is 18.2 Å². The summed E-state index contributed by atoms with van der Waals surface area (Å²) in [5.74, 6) is 1.31. The van der Waals surface area contributed by atoms with Crippen LogP contribution in [0.3, 0.4) is 0 Å². The standard InChI is InChI=1S/C25H27N5O3S/c1-18-16-19(2)28-25(27-18)29-13-10-21(11-14-29)30(17-22-8-5-15-33-22)34(31,32)23-9-3-6-20-7-4-12-26-24(20)23/h3-9,12,15-16,21H,10-11,13-14,17H2,1-2H3. The number of hydrogen-bond acceptors (Lipinski definition) is 7. The summed E-state index contributed by atoms with van der Waals surface area (Å²) in [5.41, 5.74) is 2.33. The van der Waals surface area contributed by atoms with Gasteiger partial charge in [-0.25, -0.2) is 18.4 Å². The van der Waals surface area contributed by atoms with Crippen LogP contribution in [0.25, 0.3) is 10.9 Å². The van der Waals surface area contributed by atoms with Crippen LogP contribution in [0.1, 0.15) is 30.0 Å². The highest BCUT2D eigenvalue weighted by Gasteiger charge is 2.36. The van der Waals surface area contributed by atoms with Gasteiger partial charge in [0.1, 0.15) is 10.7 Å². The molecule has 8 nitrogen and oxygen atoms in total. The SMILES string of the molecule is Cc1cc(C)nc(N2CCC(N(Cc3ccco3)S(=O)(=O)c3cccc4cccnc34)CC2)n1. The zero-order valence-corrected chi connectivity index (χ0v) is 20.1. The van der Waals surface area contributed by atoms with Crippen LogP contribution in [0.4, 0.5) is 5.95 Å². The second-order valence-corrected chi connectivity index (χ2v) is 10.5. The van der Waals surface area contributed by atoms with Gasteiger partial charge in [0.2, 0.25) is 16.0 Å². The Hall–Kier alpha value is -3.30. The van der Waals surface area contributed by atoms with Gasteiger partial charge in [0.05, 0.1) is 18.3 Å². The molecule has 34 heavy (non-hydrogen) atoms. The molecule has 0 atom stereocenters. The van der Waals surface area contributed by atoms with Crippen molar-refractivity contribution in [2.24, 2.45) is 0 Å². The van der Waals surface area contributed by atoms with E-state index in [-0.39, 0.29) is 17.5 Å². The average Bonchev–Trinajstić information content (AvgIpc) is 3.35. The van der Waals surface area contributed by atoms with E-state index in [0.29, 0.717) is 43.2 Å². The summed E-state index contributed by atoms with van der Waals surface area (Å²) < 4.78 is 35.2. The summed E-state index contributed by atoms with van der Waals surface area (Å²) in [5, 5.41) is 0.795. The molecule has 0 unspecified atom stereocenters. The van der Waals surface area contributed by atoms with Crippen molar-refractivity contribution in [3.05, 3.63) is 78.1 Å². The molecule has 0 spiro atoms. The lowest BCUT2D eigenvalue weighted by molar-refractivity contribution is 0.252. The second-order valence-electron chi connectivity index (χ2n) is 8.63. The molecule has 9 heteroatoms. The third-order valence-electron chi connectivity index (χ3n) is 6.20. The van der Waals surface area contributed by atoms with Crippen LogP contribution < -0.4 is 4.90 Å². The van der Waals surface area contributed by atoms with Crippen molar-refractivity contribution in [2.75, 3.05) is 18.0 Å². The Morgan fingerprint density at radius 1 is 1.03 bits per heavy atom. The minimum atomic E-state index is -3.84. The molecular formula is C25H27N5O3S. The van der Waals surface area contributed by atoms with E-state index in [1.807, 2.05) is 44.2 Å². The summed E-state index contributed by atoms with van der Waals surface area (Å²) in [6.07, 6.45) is 4.52. The molecule has 0 amide bonds. The molecule has 4 heterocycles. The van der Waals surface area contributed by atoms with Crippen LogP contribution in [0.5, 0.6) is 0 Å². The monoisotopic (exact) mass is 477 g/mol. The number of sulfonamides is 1. The first-order valence-corrected chi connectivity index (χ1v) is 12.8. The Balaban J connectivity index is 1.46. The van der Waals surface area contributed by atoms with Gasteiger partial charge >= 0.3 is 0 Å². The third-order valence-corrected chi connectivity index (χ3v) is 8.13. The largest absolute Gasteiger partial charge is 0.468 e. The molecule has 0 saturated carbocycles. The number of aromatic nitrogens is 3. The van der Waals surface area contributed by atoms with Gasteiger partial charge in [-0.15, -0.1) is 0 Å². The maximum Gasteiger partial charge on any atom is 0.245 e. The molecule has 1 aliphatic heterocycles. The lowest BCUT2D eigenvalue weighted by Crippen LogP contribution is -2.47. The second kappa shape index (κ2) is 9.15. The fourth-order valence-corrected chi connectivity index (χ4v) is 6.40. The molecule has 3 aromatic heterocycles. The van der Waals surface area contributed by atoms with Crippen LogP contribution >= 0.6 is 0 Å². The Labute approximate surface area is 199 Å². The highest BCUT2D eigenvalue weighted by Crippen LogP contribution is 2.30. The van der Waals surface area contributed by atoms with Crippen LogP contribution in [0.15, 0.2) is 70.3 Å². The number of aryl methyl sites for hydroxylation is 2. The smallest absolute Gasteiger partial charge is 0.245 e. The van der Waals surface area contributed by atoms with E-state index < -0.39 is 10.0 Å². The lowest BCUT2D eigenvalue weighted by Gasteiger charge is -2.37. The Morgan fingerprint density at radius 3 is 2.47 bits per heavy atom. The zero-order chi connectivity index (χ0) is 23.7. The Kier molecular flexibility index (Phi) is 6.05. The van der Waals surface area contributed by atoms with Crippen molar-refractivity contribution in [3.8, 4) is 0 Å². The van der Waals surface area contributed by atoms with E-state index in [9.17, 15) is 8.42 Å². The molecule has 1 fully saturated rings. The van der Waals surface area contributed by atoms with Gasteiger partial charge < -0.3 is 9.32 Å². The quantitative estimate of drug-likeness (QED) is 0.413. The highest BCUT2D eigenvalue weighted by atomic mass is 32.2. The normalized spacial score (nSPS) is 15.3. The van der Waals surface area contributed by atoms with Gasteiger partial charge in [0.25, 0.3) is 0 Å². The van der Waals surface area contributed by atoms with E-state index in [4.69, 9.17) is 4.42 Å². The van der Waals surface area contributed by atoms with Crippen molar-refractivity contribution >= 4 is 26.9 Å². The maximum absolute atomic E-state index is 14.0. The first kappa shape index (κ1) is 22.5. The summed E-state index contributed by atoms with van der Waals surface area (Å²) in [4.78, 5) is 15.9. The molecule has 176 valence electrons. The molecular weight excluding hydrogens is 450 g/mol. The van der Waals surface area contributed by atoms with Gasteiger partial charge in [-0.3, -0.25) is 4.98 Å². The fourth-order valence-electron chi connectivity index (χ4n) is 4.58. The Morgan fingerprint density at radius 2 is 1.76 bits per heavy atom. The molecule has 1 saturated heterocycles. The molecule has 0 aliphatic carbocycles. The van der Waals surface area contributed by atoms with E-state index in [0.717, 1.165) is 16.8 Å². The number of pyridine rings is 1. The predicted octanol–water partition coefficient (Wildman–Crippen LogP) is 4.09. The minimum Gasteiger partial charge on any atom is -0.468 e. The number of hydrogen-bond donors (Lipinski definition) is 0. The number of furan rings is 1. The molecule has 1 aromatic carbocycles. The molecule has 5 rings (SSSR count). The van der Waals surface area contributed by atoms with Gasteiger partial charge in [0.15, 0.2) is 0 Å². The van der Waals surface area contributed by atoms with Gasteiger partial charge in [-0.05, 0) is 57.0 Å². The van der Waals surface area contributed by atoms with Gasteiger partial charge in [-0.2, -0.15) is 4.31 Å². The van der Waals surface area contributed by atoms with Gasteiger partial charge in [0, 0.05) is 42.1 Å². The van der Waals surface area contributed by atoms with E-state index >= 15 is 0 Å². The molecule has 0 radical (unpaired) electrons. The molecule has 0 N–H and O–H groups in total. The molecule has 4 aromatic rings. The highest BCUT2D eigenvalue weighted by molar-refractivity contribution is 7.89. The number of rotatable bonds is 6. The summed E-state index contributed by atoms with van der Waals surface area (Å²) in [6.45, 7) is 5.43. The van der Waals surface area contributed by atoms with Crippen LogP contribution in [-0.2, 0) is 16.6 Å². The van der Waals surface area contributed by atoms with Crippen LogP contribution in [0, 0.1) is 13.8 Å².